The Morgan fingerprint density at radius 1 is 1.60 bits per heavy atom. The number of anilines is 1. The van der Waals surface area contributed by atoms with Gasteiger partial charge in [-0.25, -0.2) is 19.2 Å². The number of pyridine rings is 1. The van der Waals surface area contributed by atoms with Crippen molar-refractivity contribution in [1.29, 1.82) is 0 Å². The van der Waals surface area contributed by atoms with Gasteiger partial charge < -0.3 is 5.43 Å². The van der Waals surface area contributed by atoms with E-state index in [1.165, 1.54) is 16.6 Å². The van der Waals surface area contributed by atoms with Crippen LogP contribution in [0.15, 0.2) is 21.6 Å². The van der Waals surface area contributed by atoms with Crippen molar-refractivity contribution in [2.75, 3.05) is 24.5 Å². The Hall–Kier alpha value is -0.350. The van der Waals surface area contributed by atoms with Crippen LogP contribution < -0.4 is 11.3 Å². The zero-order valence-electron chi connectivity index (χ0n) is 11.6. The molecular weight excluding hydrogens is 364 g/mol. The van der Waals surface area contributed by atoms with Crippen LogP contribution in [0.2, 0.25) is 0 Å². The molecule has 6 nitrogen and oxygen atoms in total. The third-order valence-corrected chi connectivity index (χ3v) is 6.04. The summed E-state index contributed by atoms with van der Waals surface area (Å²) in [7, 11) is -2.07. The summed E-state index contributed by atoms with van der Waals surface area (Å²) < 4.78 is 27.2. The molecule has 3 N–H and O–H groups in total. The van der Waals surface area contributed by atoms with E-state index in [2.05, 4.69) is 26.3 Å². The van der Waals surface area contributed by atoms with E-state index in [-0.39, 0.29) is 16.8 Å². The Labute approximate surface area is 132 Å². The van der Waals surface area contributed by atoms with Crippen molar-refractivity contribution in [2.45, 2.75) is 24.3 Å². The van der Waals surface area contributed by atoms with Crippen LogP contribution in [-0.2, 0) is 10.0 Å². The lowest BCUT2D eigenvalue weighted by molar-refractivity contribution is 0.382. The van der Waals surface area contributed by atoms with Gasteiger partial charge in [0.2, 0.25) is 10.0 Å². The number of nitrogen functional groups attached to an aromatic ring is 1. The predicted octanol–water partition coefficient (Wildman–Crippen LogP) is 1.89. The second-order valence-corrected chi connectivity index (χ2v) is 8.16. The normalized spacial score (nSPS) is 13.5. The first-order valence-electron chi connectivity index (χ1n) is 5.93. The summed E-state index contributed by atoms with van der Waals surface area (Å²) in [5.41, 5.74) is 2.32. The maximum Gasteiger partial charge on any atom is 0.246 e. The molecule has 0 amide bonds. The summed E-state index contributed by atoms with van der Waals surface area (Å²) in [6.45, 7) is 1.88. The highest BCUT2D eigenvalue weighted by molar-refractivity contribution is 9.10. The van der Waals surface area contributed by atoms with Gasteiger partial charge >= 0.3 is 0 Å². The molecule has 0 fully saturated rings. The highest BCUT2D eigenvalue weighted by Crippen LogP contribution is 2.26. The van der Waals surface area contributed by atoms with Crippen LogP contribution in [0.3, 0.4) is 0 Å². The van der Waals surface area contributed by atoms with Gasteiger partial charge in [-0.05, 0) is 47.3 Å². The lowest BCUT2D eigenvalue weighted by Gasteiger charge is -2.24. The molecule has 0 aliphatic carbocycles. The molecule has 0 aliphatic heterocycles. The Morgan fingerprint density at radius 3 is 2.80 bits per heavy atom. The first-order chi connectivity index (χ1) is 9.34. The van der Waals surface area contributed by atoms with Crippen molar-refractivity contribution in [3.8, 4) is 0 Å². The third-order valence-electron chi connectivity index (χ3n) is 2.97. The number of hydrazine groups is 1. The molecule has 1 atom stereocenters. The molecule has 0 spiro atoms. The van der Waals surface area contributed by atoms with Crippen molar-refractivity contribution in [3.05, 3.63) is 16.7 Å². The van der Waals surface area contributed by atoms with Crippen molar-refractivity contribution in [3.63, 3.8) is 0 Å². The molecule has 114 valence electrons. The van der Waals surface area contributed by atoms with Gasteiger partial charge in [0.15, 0.2) is 5.82 Å². The van der Waals surface area contributed by atoms with Crippen molar-refractivity contribution in [2.24, 2.45) is 5.84 Å². The van der Waals surface area contributed by atoms with Gasteiger partial charge in [0, 0.05) is 23.8 Å². The van der Waals surface area contributed by atoms with E-state index < -0.39 is 10.0 Å². The number of thioether (sulfide) groups is 1. The number of nitrogens with one attached hydrogen (secondary N) is 1. The lowest BCUT2D eigenvalue weighted by Crippen LogP contribution is -2.36. The molecule has 1 rings (SSSR count). The van der Waals surface area contributed by atoms with Crippen LogP contribution >= 0.6 is 27.7 Å². The molecule has 1 unspecified atom stereocenters. The van der Waals surface area contributed by atoms with Crippen LogP contribution in [0.25, 0.3) is 0 Å². The van der Waals surface area contributed by atoms with Gasteiger partial charge in [-0.1, -0.05) is 0 Å². The van der Waals surface area contributed by atoms with E-state index >= 15 is 0 Å². The Kier molecular flexibility index (Phi) is 6.73. The molecule has 0 saturated carbocycles. The van der Waals surface area contributed by atoms with Gasteiger partial charge in [0.1, 0.15) is 4.90 Å². The summed E-state index contributed by atoms with van der Waals surface area (Å²) in [5.74, 6) is 6.38. The molecule has 0 saturated heterocycles. The fourth-order valence-electron chi connectivity index (χ4n) is 1.59. The molecule has 0 bridgehead atoms. The fraction of sp³-hybridized carbons (Fsp3) is 0.545. The molecule has 9 heteroatoms. The summed E-state index contributed by atoms with van der Waals surface area (Å²) >= 11 is 4.92. The Balaban J connectivity index is 3.12. The van der Waals surface area contributed by atoms with Crippen LogP contribution in [-0.4, -0.2) is 42.8 Å². The number of sulfonamides is 1. The molecule has 1 aromatic rings. The third kappa shape index (κ3) is 4.08. The summed E-state index contributed by atoms with van der Waals surface area (Å²) in [6, 6.07) is 1.40. The van der Waals surface area contributed by atoms with Crippen LogP contribution in [0.5, 0.6) is 0 Å². The minimum absolute atomic E-state index is 0.0628. The van der Waals surface area contributed by atoms with Crippen molar-refractivity contribution < 1.29 is 8.42 Å². The molecule has 0 aliphatic rings. The molecule has 1 heterocycles. The highest BCUT2D eigenvalue weighted by Gasteiger charge is 2.28. The second kappa shape index (κ2) is 7.60. The van der Waals surface area contributed by atoms with E-state index in [0.29, 0.717) is 4.47 Å². The summed E-state index contributed by atoms with van der Waals surface area (Å²) in [5, 5.41) is 0. The molecule has 1 aromatic heterocycles. The number of rotatable bonds is 7. The molecule has 0 aromatic carbocycles. The topological polar surface area (TPSA) is 88.3 Å². The fourth-order valence-corrected chi connectivity index (χ4v) is 4.17. The quantitative estimate of drug-likeness (QED) is 0.552. The monoisotopic (exact) mass is 382 g/mol. The van der Waals surface area contributed by atoms with Gasteiger partial charge in [-0.2, -0.15) is 16.1 Å². The maximum absolute atomic E-state index is 12.6. The van der Waals surface area contributed by atoms with Gasteiger partial charge in [0.25, 0.3) is 0 Å². The number of hydrogen-bond acceptors (Lipinski definition) is 6. The number of nitrogens with zero attached hydrogens (tertiary/aromatic N) is 2. The lowest BCUT2D eigenvalue weighted by atomic mass is 10.3. The first kappa shape index (κ1) is 17.7. The average Bonchev–Trinajstić information content (AvgIpc) is 2.43. The predicted molar refractivity (Wildman–Crippen MR) is 87.2 cm³/mol. The van der Waals surface area contributed by atoms with Crippen LogP contribution in [0.4, 0.5) is 5.82 Å². The summed E-state index contributed by atoms with van der Waals surface area (Å²) in [4.78, 5) is 4.04. The SMILES string of the molecule is CSCCC(C)N(C)S(=O)(=O)c1cc(Br)cnc1NN. The van der Waals surface area contributed by atoms with Gasteiger partial charge in [-0.15, -0.1) is 0 Å². The first-order valence-corrected chi connectivity index (χ1v) is 9.56. The zero-order chi connectivity index (χ0) is 15.3. The minimum atomic E-state index is -3.64. The van der Waals surface area contributed by atoms with Gasteiger partial charge in [-0.3, -0.25) is 0 Å². The minimum Gasteiger partial charge on any atom is -0.307 e. The van der Waals surface area contributed by atoms with Crippen molar-refractivity contribution >= 4 is 43.5 Å². The van der Waals surface area contributed by atoms with Gasteiger partial charge in [0.05, 0.1) is 0 Å². The number of hydrogen-bond donors (Lipinski definition) is 2. The number of nitrogens with two attached hydrogens (primary N) is 1. The second-order valence-electron chi connectivity index (χ2n) is 4.30. The van der Waals surface area contributed by atoms with E-state index in [1.54, 1.807) is 18.8 Å². The maximum atomic E-state index is 12.6. The van der Waals surface area contributed by atoms with E-state index in [0.717, 1.165) is 12.2 Å². The largest absolute Gasteiger partial charge is 0.307 e. The van der Waals surface area contributed by atoms with E-state index in [9.17, 15) is 8.42 Å². The Morgan fingerprint density at radius 2 is 2.25 bits per heavy atom. The Bertz CT molecular complexity index is 553. The summed E-state index contributed by atoms with van der Waals surface area (Å²) in [6.07, 6.45) is 4.27. The molecule has 0 radical (unpaired) electrons. The van der Waals surface area contributed by atoms with E-state index in [4.69, 9.17) is 5.84 Å². The van der Waals surface area contributed by atoms with Crippen molar-refractivity contribution in [1.82, 2.24) is 9.29 Å². The standard InChI is InChI=1S/C11H19BrN4O2S2/c1-8(4-5-19-3)16(2)20(17,18)10-6-9(12)7-14-11(10)15-13/h6-8H,4-5,13H2,1-3H3,(H,14,15). The average molecular weight is 383 g/mol. The number of halogens is 1. The highest BCUT2D eigenvalue weighted by atomic mass is 79.9. The van der Waals surface area contributed by atoms with E-state index in [1.807, 2.05) is 13.2 Å². The smallest absolute Gasteiger partial charge is 0.246 e. The molecular formula is C11H19BrN4O2S2. The van der Waals surface area contributed by atoms with Crippen LogP contribution in [0.1, 0.15) is 13.3 Å². The zero-order valence-corrected chi connectivity index (χ0v) is 14.8. The number of aromatic nitrogens is 1. The molecule has 20 heavy (non-hydrogen) atoms. The van der Waals surface area contributed by atoms with Crippen LogP contribution in [0, 0.1) is 0 Å².